The second-order valence-corrected chi connectivity index (χ2v) is 3.86. The van der Waals surface area contributed by atoms with Crippen LogP contribution in [0, 0.1) is 10.1 Å². The quantitative estimate of drug-likeness (QED) is 0.629. The Kier molecular flexibility index (Phi) is 3.85. The fraction of sp³-hybridized carbons (Fsp3) is 0.0833. The van der Waals surface area contributed by atoms with Crippen LogP contribution >= 0.6 is 0 Å². The number of carboxylic acids is 1. The highest BCUT2D eigenvalue weighted by Crippen LogP contribution is 2.25. The predicted molar refractivity (Wildman–Crippen MR) is 69.4 cm³/mol. The summed E-state index contributed by atoms with van der Waals surface area (Å²) in [6, 6.07) is 6.95. The molecular formula is C12H10N4O4. The number of nitro groups is 1. The van der Waals surface area contributed by atoms with Gasteiger partial charge in [0.05, 0.1) is 22.7 Å². The average molecular weight is 274 g/mol. The SMILES string of the molecule is O=C(O)c1ccc([N+](=O)[O-])c(NCc2cccnn2)c1. The lowest BCUT2D eigenvalue weighted by Crippen LogP contribution is -2.06. The third-order valence-corrected chi connectivity index (χ3v) is 2.53. The van der Waals surface area contributed by atoms with E-state index in [4.69, 9.17) is 5.11 Å². The van der Waals surface area contributed by atoms with Gasteiger partial charge in [0.25, 0.3) is 5.69 Å². The number of nitrogens with zero attached hydrogens (tertiary/aromatic N) is 3. The molecule has 20 heavy (non-hydrogen) atoms. The fourth-order valence-electron chi connectivity index (χ4n) is 1.58. The Morgan fingerprint density at radius 3 is 2.80 bits per heavy atom. The molecule has 0 unspecified atom stereocenters. The second-order valence-electron chi connectivity index (χ2n) is 3.86. The Labute approximate surface area is 113 Å². The number of hydrogen-bond donors (Lipinski definition) is 2. The maximum Gasteiger partial charge on any atom is 0.335 e. The molecule has 1 heterocycles. The lowest BCUT2D eigenvalue weighted by atomic mass is 10.1. The number of nitro benzene ring substituents is 1. The van der Waals surface area contributed by atoms with Crippen molar-refractivity contribution in [2.75, 3.05) is 5.32 Å². The number of aromatic nitrogens is 2. The molecule has 8 heteroatoms. The van der Waals surface area contributed by atoms with Crippen LogP contribution in [-0.4, -0.2) is 26.2 Å². The first-order valence-electron chi connectivity index (χ1n) is 5.60. The number of hydrogen-bond acceptors (Lipinski definition) is 6. The first-order chi connectivity index (χ1) is 9.58. The lowest BCUT2D eigenvalue weighted by Gasteiger charge is -2.07. The summed E-state index contributed by atoms with van der Waals surface area (Å²) in [4.78, 5) is 21.2. The summed E-state index contributed by atoms with van der Waals surface area (Å²) in [5, 5.41) is 30.1. The standard InChI is InChI=1S/C12H10N4O4/c17-12(18)8-3-4-11(16(19)20)10(6-8)13-7-9-2-1-5-14-15-9/h1-6,13H,7H2,(H,17,18). The van der Waals surface area contributed by atoms with Crippen LogP contribution in [0.15, 0.2) is 36.5 Å². The molecule has 0 spiro atoms. The Morgan fingerprint density at radius 2 is 2.20 bits per heavy atom. The molecule has 8 nitrogen and oxygen atoms in total. The van der Waals surface area contributed by atoms with E-state index in [0.717, 1.165) is 6.07 Å². The van der Waals surface area contributed by atoms with Crippen molar-refractivity contribution in [1.82, 2.24) is 10.2 Å². The first kappa shape index (κ1) is 13.4. The van der Waals surface area contributed by atoms with Crippen molar-refractivity contribution in [2.45, 2.75) is 6.54 Å². The summed E-state index contributed by atoms with van der Waals surface area (Å²) in [5.41, 5.74) is 0.485. The number of carboxylic acid groups (broad SMARTS) is 1. The van der Waals surface area contributed by atoms with Gasteiger partial charge < -0.3 is 10.4 Å². The highest BCUT2D eigenvalue weighted by molar-refractivity contribution is 5.90. The van der Waals surface area contributed by atoms with E-state index in [1.807, 2.05) is 0 Å². The first-order valence-corrected chi connectivity index (χ1v) is 5.60. The second kappa shape index (κ2) is 5.74. The van der Waals surface area contributed by atoms with Gasteiger partial charge in [-0.2, -0.15) is 10.2 Å². The number of carbonyl (C=O) groups is 1. The van der Waals surface area contributed by atoms with Crippen molar-refractivity contribution in [3.63, 3.8) is 0 Å². The number of aromatic carboxylic acids is 1. The summed E-state index contributed by atoms with van der Waals surface area (Å²) in [6.45, 7) is 0.206. The number of anilines is 1. The summed E-state index contributed by atoms with van der Waals surface area (Å²) < 4.78 is 0. The number of rotatable bonds is 5. The summed E-state index contributed by atoms with van der Waals surface area (Å²) in [5.74, 6) is -1.15. The van der Waals surface area contributed by atoms with E-state index in [1.165, 1.54) is 18.3 Å². The summed E-state index contributed by atoms with van der Waals surface area (Å²) >= 11 is 0. The van der Waals surface area contributed by atoms with E-state index in [9.17, 15) is 14.9 Å². The van der Waals surface area contributed by atoms with Crippen LogP contribution in [0.2, 0.25) is 0 Å². The Balaban J connectivity index is 2.26. The van der Waals surface area contributed by atoms with E-state index < -0.39 is 10.9 Å². The van der Waals surface area contributed by atoms with Crippen molar-refractivity contribution < 1.29 is 14.8 Å². The minimum Gasteiger partial charge on any atom is -0.478 e. The van der Waals surface area contributed by atoms with Crippen LogP contribution in [0.3, 0.4) is 0 Å². The van der Waals surface area contributed by atoms with Gasteiger partial charge in [-0.25, -0.2) is 4.79 Å². The summed E-state index contributed by atoms with van der Waals surface area (Å²) in [7, 11) is 0. The zero-order valence-electron chi connectivity index (χ0n) is 10.2. The third-order valence-electron chi connectivity index (χ3n) is 2.53. The zero-order valence-corrected chi connectivity index (χ0v) is 10.2. The topological polar surface area (TPSA) is 118 Å². The highest BCUT2D eigenvalue weighted by atomic mass is 16.6. The molecule has 2 rings (SSSR count). The van der Waals surface area contributed by atoms with Gasteiger partial charge in [-0.15, -0.1) is 0 Å². The van der Waals surface area contributed by atoms with Gasteiger partial charge >= 0.3 is 5.97 Å². The molecule has 0 saturated carbocycles. The van der Waals surface area contributed by atoms with Gasteiger partial charge in [0.2, 0.25) is 0 Å². The fourth-order valence-corrected chi connectivity index (χ4v) is 1.58. The molecule has 0 aliphatic heterocycles. The maximum atomic E-state index is 10.9. The number of nitrogens with one attached hydrogen (secondary N) is 1. The van der Waals surface area contributed by atoms with E-state index in [1.54, 1.807) is 12.1 Å². The van der Waals surface area contributed by atoms with E-state index in [-0.39, 0.29) is 23.5 Å². The third kappa shape index (κ3) is 3.05. The van der Waals surface area contributed by atoms with Crippen molar-refractivity contribution >= 4 is 17.3 Å². The molecule has 0 fully saturated rings. The molecule has 0 amide bonds. The molecule has 102 valence electrons. The largest absolute Gasteiger partial charge is 0.478 e. The minimum atomic E-state index is -1.15. The molecule has 0 bridgehead atoms. The molecule has 0 saturated heterocycles. The van der Waals surface area contributed by atoms with E-state index in [2.05, 4.69) is 15.5 Å². The van der Waals surface area contributed by atoms with E-state index >= 15 is 0 Å². The van der Waals surface area contributed by atoms with Crippen LogP contribution in [0.4, 0.5) is 11.4 Å². The highest BCUT2D eigenvalue weighted by Gasteiger charge is 2.16. The van der Waals surface area contributed by atoms with Gasteiger partial charge in [-0.3, -0.25) is 10.1 Å². The van der Waals surface area contributed by atoms with Gasteiger partial charge in [0, 0.05) is 12.3 Å². The minimum absolute atomic E-state index is 0.0303. The molecule has 0 atom stereocenters. The maximum absolute atomic E-state index is 10.9. The zero-order chi connectivity index (χ0) is 14.5. The molecule has 2 N–H and O–H groups in total. The predicted octanol–water partition coefficient (Wildman–Crippen LogP) is 1.70. The Bertz CT molecular complexity index is 645. The van der Waals surface area contributed by atoms with Crippen molar-refractivity contribution in [2.24, 2.45) is 0 Å². The molecule has 1 aromatic carbocycles. The van der Waals surface area contributed by atoms with Crippen LogP contribution in [0.5, 0.6) is 0 Å². The molecule has 1 aromatic heterocycles. The van der Waals surface area contributed by atoms with Gasteiger partial charge in [-0.05, 0) is 24.3 Å². The van der Waals surface area contributed by atoms with Gasteiger partial charge in [0.1, 0.15) is 5.69 Å². The Morgan fingerprint density at radius 1 is 1.40 bits per heavy atom. The summed E-state index contributed by atoms with van der Waals surface area (Å²) in [6.07, 6.45) is 1.51. The molecule has 0 radical (unpaired) electrons. The normalized spacial score (nSPS) is 10.0. The molecule has 0 aliphatic carbocycles. The lowest BCUT2D eigenvalue weighted by molar-refractivity contribution is -0.384. The monoisotopic (exact) mass is 274 g/mol. The van der Waals surface area contributed by atoms with Crippen molar-refractivity contribution in [1.29, 1.82) is 0 Å². The Hall–Kier alpha value is -3.03. The van der Waals surface area contributed by atoms with Crippen LogP contribution in [-0.2, 0) is 6.54 Å². The molecule has 2 aromatic rings. The van der Waals surface area contributed by atoms with Gasteiger partial charge in [-0.1, -0.05) is 0 Å². The van der Waals surface area contributed by atoms with Crippen molar-refractivity contribution in [3.05, 3.63) is 57.9 Å². The average Bonchev–Trinajstić information content (AvgIpc) is 2.45. The van der Waals surface area contributed by atoms with Crippen LogP contribution < -0.4 is 5.32 Å². The number of benzene rings is 1. The van der Waals surface area contributed by atoms with Crippen LogP contribution in [0.25, 0.3) is 0 Å². The smallest absolute Gasteiger partial charge is 0.335 e. The molecule has 0 aliphatic rings. The van der Waals surface area contributed by atoms with E-state index in [0.29, 0.717) is 5.69 Å². The van der Waals surface area contributed by atoms with Crippen molar-refractivity contribution in [3.8, 4) is 0 Å². The van der Waals surface area contributed by atoms with Gasteiger partial charge in [0.15, 0.2) is 0 Å². The molecular weight excluding hydrogens is 264 g/mol. The van der Waals surface area contributed by atoms with Crippen LogP contribution in [0.1, 0.15) is 16.1 Å².